The van der Waals surface area contributed by atoms with Crippen LogP contribution >= 0.6 is 0 Å². The fourth-order valence-corrected chi connectivity index (χ4v) is 2.61. The summed E-state index contributed by atoms with van der Waals surface area (Å²) in [7, 11) is 0. The van der Waals surface area contributed by atoms with Gasteiger partial charge in [-0.25, -0.2) is 23.1 Å². The van der Waals surface area contributed by atoms with E-state index in [0.29, 0.717) is 17.3 Å². The van der Waals surface area contributed by atoms with Crippen molar-refractivity contribution >= 4 is 17.4 Å². The van der Waals surface area contributed by atoms with Crippen molar-refractivity contribution in [2.45, 2.75) is 39.2 Å². The average molecular weight is 364 g/mol. The largest absolute Gasteiger partial charge is 0.362 e. The molecule has 2 N–H and O–H groups in total. The Hall–Kier alpha value is -2.64. The summed E-state index contributed by atoms with van der Waals surface area (Å²) in [6.45, 7) is 3.32. The molecule has 0 saturated heterocycles. The van der Waals surface area contributed by atoms with E-state index in [9.17, 15) is 18.0 Å². The lowest BCUT2D eigenvalue weighted by molar-refractivity contribution is -0.117. The first-order valence-corrected chi connectivity index (χ1v) is 8.34. The number of aromatic nitrogens is 2. The van der Waals surface area contributed by atoms with E-state index < -0.39 is 23.8 Å². The van der Waals surface area contributed by atoms with E-state index in [0.717, 1.165) is 18.9 Å². The van der Waals surface area contributed by atoms with Gasteiger partial charge in [0.2, 0.25) is 5.91 Å². The molecule has 1 aliphatic carbocycles. The average Bonchev–Trinajstić information content (AvgIpc) is 3.42. The molecular formula is C18H19F3N4O. The molecule has 3 rings (SSSR count). The molecule has 1 atom stereocenters. The third kappa shape index (κ3) is 3.95. The number of hydrogen-bond acceptors (Lipinski definition) is 4. The van der Waals surface area contributed by atoms with Crippen molar-refractivity contribution < 1.29 is 18.0 Å². The second kappa shape index (κ2) is 7.31. The number of alkyl halides is 2. The van der Waals surface area contributed by atoms with Crippen molar-refractivity contribution in [3.05, 3.63) is 47.2 Å². The van der Waals surface area contributed by atoms with Crippen molar-refractivity contribution in [3.63, 3.8) is 0 Å². The maximum absolute atomic E-state index is 14.4. The number of benzene rings is 1. The summed E-state index contributed by atoms with van der Waals surface area (Å²) >= 11 is 0. The van der Waals surface area contributed by atoms with Crippen LogP contribution in [0.25, 0.3) is 0 Å². The van der Waals surface area contributed by atoms with Crippen molar-refractivity contribution in [1.29, 1.82) is 0 Å². The first kappa shape index (κ1) is 18.2. The third-order valence-corrected chi connectivity index (χ3v) is 4.23. The highest BCUT2D eigenvalue weighted by molar-refractivity contribution is 5.96. The van der Waals surface area contributed by atoms with Crippen LogP contribution in [0.3, 0.4) is 0 Å². The smallest absolute Gasteiger partial charge is 0.266 e. The maximum Gasteiger partial charge on any atom is 0.266 e. The molecule has 1 heterocycles. The molecule has 0 spiro atoms. The minimum Gasteiger partial charge on any atom is -0.362 e. The Morgan fingerprint density at radius 1 is 1.27 bits per heavy atom. The van der Waals surface area contributed by atoms with Gasteiger partial charge in [-0.05, 0) is 26.7 Å². The van der Waals surface area contributed by atoms with Crippen LogP contribution in [0.2, 0.25) is 0 Å². The molecule has 0 bridgehead atoms. The van der Waals surface area contributed by atoms with Gasteiger partial charge in [0.1, 0.15) is 17.3 Å². The van der Waals surface area contributed by atoms with Crippen LogP contribution in [0.5, 0.6) is 0 Å². The zero-order chi connectivity index (χ0) is 18.8. The number of hydrogen-bond donors (Lipinski definition) is 2. The van der Waals surface area contributed by atoms with E-state index in [1.165, 1.54) is 18.3 Å². The zero-order valence-corrected chi connectivity index (χ0v) is 14.4. The molecule has 8 heteroatoms. The van der Waals surface area contributed by atoms with Gasteiger partial charge in [-0.15, -0.1) is 0 Å². The van der Waals surface area contributed by atoms with Gasteiger partial charge in [0.05, 0.1) is 17.8 Å². The van der Waals surface area contributed by atoms with Crippen molar-refractivity contribution in [3.8, 4) is 0 Å². The van der Waals surface area contributed by atoms with E-state index in [1.54, 1.807) is 13.8 Å². The summed E-state index contributed by atoms with van der Waals surface area (Å²) in [6.07, 6.45) is 0.285. The first-order chi connectivity index (χ1) is 12.4. The Balaban J connectivity index is 1.85. The monoisotopic (exact) mass is 364 g/mol. The van der Waals surface area contributed by atoms with Crippen molar-refractivity contribution in [1.82, 2.24) is 9.97 Å². The number of carbonyl (C=O) groups is 1. The van der Waals surface area contributed by atoms with Crippen LogP contribution in [0.1, 0.15) is 49.2 Å². The summed E-state index contributed by atoms with van der Waals surface area (Å²) in [6, 6.07) is 3.25. The lowest BCUT2D eigenvalue weighted by atomic mass is 10.0. The highest BCUT2D eigenvalue weighted by Crippen LogP contribution is 2.33. The fourth-order valence-electron chi connectivity index (χ4n) is 2.61. The number of aryl methyl sites for hydroxylation is 1. The maximum atomic E-state index is 14.4. The van der Waals surface area contributed by atoms with E-state index in [-0.39, 0.29) is 17.4 Å². The highest BCUT2D eigenvalue weighted by Gasteiger charge is 2.30. The van der Waals surface area contributed by atoms with Crippen LogP contribution in [-0.4, -0.2) is 15.9 Å². The molecule has 1 aromatic carbocycles. The van der Waals surface area contributed by atoms with Gasteiger partial charge < -0.3 is 10.6 Å². The molecule has 1 aliphatic rings. The number of nitrogens with one attached hydrogen (secondary N) is 2. The van der Waals surface area contributed by atoms with Gasteiger partial charge >= 0.3 is 0 Å². The summed E-state index contributed by atoms with van der Waals surface area (Å²) in [5.74, 6) is -0.274. The zero-order valence-electron chi connectivity index (χ0n) is 14.4. The Bertz CT molecular complexity index is 824. The summed E-state index contributed by atoms with van der Waals surface area (Å²) in [5, 5.41) is 5.75. The molecule has 138 valence electrons. The second-order valence-electron chi connectivity index (χ2n) is 6.36. The number of anilines is 2. The van der Waals surface area contributed by atoms with E-state index in [1.807, 2.05) is 0 Å². The van der Waals surface area contributed by atoms with Crippen LogP contribution in [-0.2, 0) is 4.79 Å². The number of amides is 1. The van der Waals surface area contributed by atoms with Gasteiger partial charge in [0, 0.05) is 11.5 Å². The van der Waals surface area contributed by atoms with Crippen molar-refractivity contribution in [2.24, 2.45) is 5.92 Å². The minimum atomic E-state index is -2.89. The molecule has 26 heavy (non-hydrogen) atoms. The molecular weight excluding hydrogens is 345 g/mol. The first-order valence-electron chi connectivity index (χ1n) is 8.34. The van der Waals surface area contributed by atoms with Crippen LogP contribution in [0.4, 0.5) is 24.7 Å². The van der Waals surface area contributed by atoms with E-state index in [4.69, 9.17) is 0 Å². The Kier molecular flexibility index (Phi) is 5.11. The quantitative estimate of drug-likeness (QED) is 0.798. The lowest BCUT2D eigenvalue weighted by Gasteiger charge is -2.19. The Labute approximate surface area is 149 Å². The molecule has 0 radical (unpaired) electrons. The highest BCUT2D eigenvalue weighted by atomic mass is 19.3. The summed E-state index contributed by atoms with van der Waals surface area (Å²) in [4.78, 5) is 20.3. The van der Waals surface area contributed by atoms with Crippen LogP contribution < -0.4 is 10.6 Å². The molecule has 0 unspecified atom stereocenters. The van der Waals surface area contributed by atoms with Gasteiger partial charge in [-0.3, -0.25) is 4.79 Å². The predicted molar refractivity (Wildman–Crippen MR) is 91.5 cm³/mol. The molecule has 1 saturated carbocycles. The molecule has 1 fully saturated rings. The van der Waals surface area contributed by atoms with Crippen LogP contribution in [0.15, 0.2) is 24.4 Å². The molecule has 1 aromatic heterocycles. The normalized spacial score (nSPS) is 15.0. The molecule has 0 aliphatic heterocycles. The fraction of sp³-hybridized carbons (Fsp3) is 0.389. The topological polar surface area (TPSA) is 66.9 Å². The number of rotatable bonds is 6. The van der Waals surface area contributed by atoms with Gasteiger partial charge in [0.15, 0.2) is 5.82 Å². The summed E-state index contributed by atoms with van der Waals surface area (Å²) < 4.78 is 40.2. The predicted octanol–water partition coefficient (Wildman–Crippen LogP) is 4.38. The third-order valence-electron chi connectivity index (χ3n) is 4.23. The van der Waals surface area contributed by atoms with E-state index in [2.05, 4.69) is 20.6 Å². The number of halogens is 3. The van der Waals surface area contributed by atoms with Crippen LogP contribution in [0, 0.1) is 18.7 Å². The van der Waals surface area contributed by atoms with Crippen molar-refractivity contribution in [2.75, 3.05) is 10.6 Å². The molecule has 1 amide bonds. The second-order valence-corrected chi connectivity index (χ2v) is 6.36. The van der Waals surface area contributed by atoms with E-state index >= 15 is 0 Å². The Morgan fingerprint density at radius 2 is 1.96 bits per heavy atom. The lowest BCUT2D eigenvalue weighted by Crippen LogP contribution is -2.18. The standard InChI is InChI=1S/C18H19F3N4O/c1-9(12-4-3-5-13(15(12)19)16(20)21)23-17-14(8-22-10(2)24-17)25-18(26)11-6-7-11/h3-5,8-9,11,16H,6-7H2,1-2H3,(H,25,26)(H,22,23,24)/t9-/m1/s1. The summed E-state index contributed by atoms with van der Waals surface area (Å²) in [5.41, 5.74) is -0.166. The van der Waals surface area contributed by atoms with Gasteiger partial charge in [-0.1, -0.05) is 18.2 Å². The SMILES string of the molecule is Cc1ncc(NC(=O)C2CC2)c(N[C@H](C)c2cccc(C(F)F)c2F)n1. The minimum absolute atomic E-state index is 0.00162. The van der Waals surface area contributed by atoms with Gasteiger partial charge in [-0.2, -0.15) is 0 Å². The number of carbonyl (C=O) groups excluding carboxylic acids is 1. The molecule has 5 nitrogen and oxygen atoms in total. The van der Waals surface area contributed by atoms with Gasteiger partial charge in [0.25, 0.3) is 6.43 Å². The molecule has 2 aromatic rings. The number of nitrogens with zero attached hydrogens (tertiary/aromatic N) is 2. The Morgan fingerprint density at radius 3 is 2.62 bits per heavy atom.